The van der Waals surface area contributed by atoms with Crippen LogP contribution in [-0.2, 0) is 0 Å². The molecule has 0 unspecified atom stereocenters. The molecule has 0 bridgehead atoms. The lowest BCUT2D eigenvalue weighted by Gasteiger charge is -2.19. The molecule has 2 rings (SSSR count). The Morgan fingerprint density at radius 3 is 2.67 bits per heavy atom. The van der Waals surface area contributed by atoms with Crippen LogP contribution in [0.5, 0.6) is 0 Å². The molecule has 1 aromatic carbocycles. The highest BCUT2D eigenvalue weighted by atomic mass is 19.1. The molecule has 0 saturated heterocycles. The molecule has 0 radical (unpaired) electrons. The molecule has 0 amide bonds. The number of hydrogen-bond acceptors (Lipinski definition) is 2. The summed E-state index contributed by atoms with van der Waals surface area (Å²) < 4.78 is 13.1. The molecule has 0 atom stereocenters. The van der Waals surface area contributed by atoms with Crippen LogP contribution in [0.25, 0.3) is 0 Å². The van der Waals surface area contributed by atoms with Gasteiger partial charge < -0.3 is 5.43 Å². The molecule has 0 spiro atoms. The highest BCUT2D eigenvalue weighted by molar-refractivity contribution is 5.99. The van der Waals surface area contributed by atoms with Crippen LogP contribution in [-0.4, -0.2) is 11.9 Å². The molecule has 1 fully saturated rings. The van der Waals surface area contributed by atoms with Crippen LogP contribution >= 0.6 is 0 Å². The van der Waals surface area contributed by atoms with Gasteiger partial charge in [0.15, 0.2) is 0 Å². The van der Waals surface area contributed by atoms with Gasteiger partial charge in [0.2, 0.25) is 0 Å². The van der Waals surface area contributed by atoms with Crippen molar-refractivity contribution in [3.8, 4) is 0 Å². The van der Waals surface area contributed by atoms with E-state index in [-0.39, 0.29) is 5.82 Å². The van der Waals surface area contributed by atoms with Crippen molar-refractivity contribution in [1.29, 1.82) is 0 Å². The fourth-order valence-corrected chi connectivity index (χ4v) is 2.47. The van der Waals surface area contributed by atoms with Crippen LogP contribution in [0.2, 0.25) is 0 Å². The first kappa shape index (κ1) is 13.0. The van der Waals surface area contributed by atoms with Crippen LogP contribution in [0.1, 0.15) is 43.2 Å². The average molecular weight is 249 g/mol. The summed E-state index contributed by atoms with van der Waals surface area (Å²) in [7, 11) is 0. The minimum Gasteiger partial charge on any atom is -0.308 e. The molecule has 98 valence electrons. The van der Waals surface area contributed by atoms with E-state index < -0.39 is 0 Å². The third kappa shape index (κ3) is 3.07. The predicted octanol–water partition coefficient (Wildman–Crippen LogP) is 2.68. The first-order valence-corrected chi connectivity index (χ1v) is 6.51. The van der Waals surface area contributed by atoms with E-state index in [2.05, 4.69) is 10.4 Å². The Bertz CT molecular complexity index is 437. The third-order valence-corrected chi connectivity index (χ3v) is 3.47. The second-order valence-electron chi connectivity index (χ2n) is 4.87. The molecule has 18 heavy (non-hydrogen) atoms. The fraction of sp³-hybridized carbons (Fsp3) is 0.500. The highest BCUT2D eigenvalue weighted by Gasteiger charge is 2.14. The van der Waals surface area contributed by atoms with Gasteiger partial charge in [-0.05, 0) is 43.5 Å². The smallest absolute Gasteiger partial charge is 0.143 e. The molecule has 0 aromatic heterocycles. The number of halogens is 1. The first-order chi connectivity index (χ1) is 8.70. The van der Waals surface area contributed by atoms with Gasteiger partial charge in [0, 0.05) is 5.56 Å². The number of hydrogen-bond donors (Lipinski definition) is 2. The maximum Gasteiger partial charge on any atom is 0.143 e. The SMILES string of the molecule is Cc1cc(F)ccc1C(=NC1CCCCC1)NN. The molecular weight excluding hydrogens is 229 g/mol. The van der Waals surface area contributed by atoms with E-state index >= 15 is 0 Å². The Labute approximate surface area is 107 Å². The van der Waals surface area contributed by atoms with E-state index in [1.54, 1.807) is 6.07 Å². The number of amidine groups is 1. The van der Waals surface area contributed by atoms with E-state index in [1.807, 2.05) is 6.92 Å². The molecule has 0 aliphatic heterocycles. The monoisotopic (exact) mass is 249 g/mol. The highest BCUT2D eigenvalue weighted by Crippen LogP contribution is 2.21. The van der Waals surface area contributed by atoms with Gasteiger partial charge in [-0.1, -0.05) is 19.3 Å². The normalized spacial score (nSPS) is 17.8. The fourth-order valence-electron chi connectivity index (χ4n) is 2.47. The summed E-state index contributed by atoms with van der Waals surface area (Å²) in [4.78, 5) is 4.67. The number of benzene rings is 1. The Morgan fingerprint density at radius 1 is 1.33 bits per heavy atom. The number of nitrogens with one attached hydrogen (secondary N) is 1. The molecule has 1 aliphatic carbocycles. The van der Waals surface area contributed by atoms with Gasteiger partial charge in [-0.2, -0.15) is 0 Å². The van der Waals surface area contributed by atoms with Crippen LogP contribution in [0.3, 0.4) is 0 Å². The van der Waals surface area contributed by atoms with Crippen molar-refractivity contribution in [3.05, 3.63) is 35.1 Å². The molecule has 1 saturated carbocycles. The molecule has 3 N–H and O–H groups in total. The molecule has 4 heteroatoms. The lowest BCUT2D eigenvalue weighted by molar-refractivity contribution is 0.442. The number of nitrogens with zero attached hydrogens (tertiary/aromatic N) is 1. The topological polar surface area (TPSA) is 50.4 Å². The molecule has 1 aromatic rings. The number of aliphatic imine (C=N–C) groups is 1. The quantitative estimate of drug-likeness (QED) is 0.366. The van der Waals surface area contributed by atoms with Crippen molar-refractivity contribution >= 4 is 5.84 Å². The lowest BCUT2D eigenvalue weighted by Crippen LogP contribution is -2.33. The van der Waals surface area contributed by atoms with Gasteiger partial charge in [-0.15, -0.1) is 0 Å². The number of hydrazine groups is 1. The van der Waals surface area contributed by atoms with E-state index in [9.17, 15) is 4.39 Å². The first-order valence-electron chi connectivity index (χ1n) is 6.51. The zero-order valence-electron chi connectivity index (χ0n) is 10.7. The second kappa shape index (κ2) is 5.96. The van der Waals surface area contributed by atoms with E-state index in [1.165, 1.54) is 31.4 Å². The van der Waals surface area contributed by atoms with Crippen molar-refractivity contribution in [1.82, 2.24) is 5.43 Å². The van der Waals surface area contributed by atoms with E-state index in [0.717, 1.165) is 24.0 Å². The minimum absolute atomic E-state index is 0.231. The van der Waals surface area contributed by atoms with E-state index in [4.69, 9.17) is 5.84 Å². The molecule has 3 nitrogen and oxygen atoms in total. The van der Waals surface area contributed by atoms with Gasteiger partial charge in [0.05, 0.1) is 6.04 Å². The molecule has 1 aliphatic rings. The maximum atomic E-state index is 13.1. The average Bonchev–Trinajstić information content (AvgIpc) is 2.38. The van der Waals surface area contributed by atoms with Crippen molar-refractivity contribution < 1.29 is 4.39 Å². The summed E-state index contributed by atoms with van der Waals surface area (Å²) in [6.45, 7) is 1.87. The minimum atomic E-state index is -0.231. The standard InChI is InChI=1S/C14H20FN3/c1-10-9-11(15)7-8-13(10)14(18-16)17-12-5-3-2-4-6-12/h7-9,12H,2-6,16H2,1H3,(H,17,18). The van der Waals surface area contributed by atoms with Crippen LogP contribution in [0, 0.1) is 12.7 Å². The van der Waals surface area contributed by atoms with Gasteiger partial charge >= 0.3 is 0 Å². The summed E-state index contributed by atoms with van der Waals surface area (Å²) >= 11 is 0. The van der Waals surface area contributed by atoms with Crippen LogP contribution in [0.4, 0.5) is 4.39 Å². The van der Waals surface area contributed by atoms with Gasteiger partial charge in [-0.3, -0.25) is 4.99 Å². The van der Waals surface area contributed by atoms with Crippen molar-refractivity contribution in [2.75, 3.05) is 0 Å². The van der Waals surface area contributed by atoms with Gasteiger partial charge in [-0.25, -0.2) is 10.2 Å². The van der Waals surface area contributed by atoms with Crippen molar-refractivity contribution in [3.63, 3.8) is 0 Å². The summed E-state index contributed by atoms with van der Waals surface area (Å²) in [6.07, 6.45) is 5.99. The lowest BCUT2D eigenvalue weighted by atomic mass is 9.96. The predicted molar refractivity (Wildman–Crippen MR) is 71.9 cm³/mol. The van der Waals surface area contributed by atoms with Crippen LogP contribution in [0.15, 0.2) is 23.2 Å². The Hall–Kier alpha value is -1.42. The number of rotatable bonds is 2. The zero-order valence-corrected chi connectivity index (χ0v) is 10.7. The number of aryl methyl sites for hydroxylation is 1. The van der Waals surface area contributed by atoms with Crippen molar-refractivity contribution in [2.24, 2.45) is 10.8 Å². The Kier molecular flexibility index (Phi) is 4.31. The van der Waals surface area contributed by atoms with E-state index in [0.29, 0.717) is 11.9 Å². The Balaban J connectivity index is 2.23. The van der Waals surface area contributed by atoms with Crippen molar-refractivity contribution in [2.45, 2.75) is 45.1 Å². The summed E-state index contributed by atoms with van der Waals surface area (Å²) in [5, 5.41) is 0. The summed E-state index contributed by atoms with van der Waals surface area (Å²) in [5.41, 5.74) is 4.38. The van der Waals surface area contributed by atoms with Gasteiger partial charge in [0.1, 0.15) is 11.7 Å². The molecule has 0 heterocycles. The zero-order chi connectivity index (χ0) is 13.0. The largest absolute Gasteiger partial charge is 0.308 e. The summed E-state index contributed by atoms with van der Waals surface area (Å²) in [6, 6.07) is 5.01. The number of nitrogens with two attached hydrogens (primary N) is 1. The summed E-state index contributed by atoms with van der Waals surface area (Å²) in [5.74, 6) is 5.99. The van der Waals surface area contributed by atoms with Gasteiger partial charge in [0.25, 0.3) is 0 Å². The third-order valence-electron chi connectivity index (χ3n) is 3.47. The Morgan fingerprint density at radius 2 is 2.06 bits per heavy atom. The maximum absolute atomic E-state index is 13.1. The second-order valence-corrected chi connectivity index (χ2v) is 4.87. The molecular formula is C14H20FN3. The van der Waals surface area contributed by atoms with Crippen LogP contribution < -0.4 is 11.3 Å².